The normalized spacial score (nSPS) is 14.4. The van der Waals surface area contributed by atoms with E-state index >= 15 is 0 Å². The average molecular weight is 298 g/mol. The third kappa shape index (κ3) is 1.91. The Balaban J connectivity index is 2.12. The van der Waals surface area contributed by atoms with E-state index in [1.807, 2.05) is 0 Å². The summed E-state index contributed by atoms with van der Waals surface area (Å²) in [6, 6.07) is 22.2. The van der Waals surface area contributed by atoms with Crippen LogP contribution >= 0.6 is 0 Å². The van der Waals surface area contributed by atoms with Crippen LogP contribution in [0.3, 0.4) is 0 Å². The van der Waals surface area contributed by atoms with E-state index in [1.54, 1.807) is 0 Å². The molecule has 0 aliphatic heterocycles. The summed E-state index contributed by atoms with van der Waals surface area (Å²) in [7, 11) is 0. The first kappa shape index (κ1) is 14.3. The predicted octanol–water partition coefficient (Wildman–Crippen LogP) is 6.28. The zero-order valence-corrected chi connectivity index (χ0v) is 14.3. The van der Waals surface area contributed by atoms with Gasteiger partial charge in [-0.05, 0) is 58.4 Å². The molecule has 0 saturated heterocycles. The molecule has 1 aliphatic rings. The van der Waals surface area contributed by atoms with Gasteiger partial charge in [0.05, 0.1) is 0 Å². The fraction of sp³-hybridized carbons (Fsp3) is 0.217. The van der Waals surface area contributed by atoms with Gasteiger partial charge in [-0.15, -0.1) is 0 Å². The van der Waals surface area contributed by atoms with Gasteiger partial charge in [-0.1, -0.05) is 74.5 Å². The van der Waals surface area contributed by atoms with Crippen LogP contribution in [0.4, 0.5) is 0 Å². The summed E-state index contributed by atoms with van der Waals surface area (Å²) in [6.45, 7) is 9.17. The van der Waals surface area contributed by atoms with E-state index in [0.717, 1.165) is 0 Å². The van der Waals surface area contributed by atoms with Gasteiger partial charge < -0.3 is 0 Å². The first-order chi connectivity index (χ1) is 11.0. The quantitative estimate of drug-likeness (QED) is 0.496. The van der Waals surface area contributed by atoms with E-state index in [2.05, 4.69) is 88.4 Å². The first-order valence-corrected chi connectivity index (χ1v) is 8.32. The van der Waals surface area contributed by atoms with Crippen LogP contribution in [0.15, 0.2) is 60.7 Å². The Morgan fingerprint density at radius 3 is 2.00 bits per heavy atom. The molecule has 114 valence electrons. The maximum absolute atomic E-state index is 2.36. The molecule has 0 heteroatoms. The third-order valence-electron chi connectivity index (χ3n) is 5.34. The second-order valence-electron chi connectivity index (χ2n) is 7.17. The van der Waals surface area contributed by atoms with Crippen LogP contribution in [-0.2, 0) is 5.41 Å². The molecule has 0 nitrogen and oxygen atoms in total. The fourth-order valence-corrected chi connectivity index (χ4v) is 4.18. The molecule has 0 aromatic heterocycles. The Morgan fingerprint density at radius 2 is 1.26 bits per heavy atom. The van der Waals surface area contributed by atoms with Crippen molar-refractivity contribution in [2.45, 2.75) is 33.1 Å². The molecule has 0 spiro atoms. The summed E-state index contributed by atoms with van der Waals surface area (Å²) < 4.78 is 0. The highest BCUT2D eigenvalue weighted by Gasteiger charge is 2.37. The monoisotopic (exact) mass is 298 g/mol. The van der Waals surface area contributed by atoms with Crippen molar-refractivity contribution in [2.24, 2.45) is 0 Å². The maximum Gasteiger partial charge on any atom is 0.0165 e. The van der Waals surface area contributed by atoms with Gasteiger partial charge in [-0.2, -0.15) is 0 Å². The Bertz CT molecular complexity index is 913. The van der Waals surface area contributed by atoms with Gasteiger partial charge in [0.1, 0.15) is 0 Å². The lowest BCUT2D eigenvalue weighted by atomic mass is 9.77. The highest BCUT2D eigenvalue weighted by molar-refractivity contribution is 5.90. The topological polar surface area (TPSA) is 0 Å². The lowest BCUT2D eigenvalue weighted by Gasteiger charge is -2.26. The van der Waals surface area contributed by atoms with Gasteiger partial charge in [-0.25, -0.2) is 0 Å². The SMILES string of the molecule is Cc1ccccc1-c1c(C)ccc2c1C(C)(C)c1ccccc1-2. The molecule has 0 atom stereocenters. The third-order valence-corrected chi connectivity index (χ3v) is 5.34. The van der Waals surface area contributed by atoms with Crippen molar-refractivity contribution in [1.82, 2.24) is 0 Å². The molecule has 0 bridgehead atoms. The zero-order chi connectivity index (χ0) is 16.2. The number of fused-ring (bicyclic) bond motifs is 3. The highest BCUT2D eigenvalue weighted by Crippen LogP contribution is 2.53. The van der Waals surface area contributed by atoms with Crippen molar-refractivity contribution >= 4 is 0 Å². The lowest BCUT2D eigenvalue weighted by molar-refractivity contribution is 0.661. The minimum atomic E-state index is 0.0373. The first-order valence-electron chi connectivity index (χ1n) is 8.32. The number of benzene rings is 3. The van der Waals surface area contributed by atoms with Crippen molar-refractivity contribution < 1.29 is 0 Å². The van der Waals surface area contributed by atoms with Gasteiger partial charge in [-0.3, -0.25) is 0 Å². The van der Waals surface area contributed by atoms with Crippen molar-refractivity contribution in [2.75, 3.05) is 0 Å². The summed E-state index contributed by atoms with van der Waals surface area (Å²) in [4.78, 5) is 0. The van der Waals surface area contributed by atoms with E-state index in [1.165, 1.54) is 44.5 Å². The molecule has 0 saturated carbocycles. The van der Waals surface area contributed by atoms with Crippen LogP contribution in [0.2, 0.25) is 0 Å². The van der Waals surface area contributed by atoms with Crippen molar-refractivity contribution in [3.63, 3.8) is 0 Å². The molecule has 0 unspecified atom stereocenters. The summed E-state index contributed by atoms with van der Waals surface area (Å²) in [5, 5.41) is 0. The van der Waals surface area contributed by atoms with Gasteiger partial charge in [0, 0.05) is 5.41 Å². The predicted molar refractivity (Wildman–Crippen MR) is 98.9 cm³/mol. The highest BCUT2D eigenvalue weighted by atomic mass is 14.4. The maximum atomic E-state index is 2.36. The van der Waals surface area contributed by atoms with Crippen LogP contribution < -0.4 is 0 Å². The minimum Gasteiger partial charge on any atom is -0.0620 e. The molecule has 0 heterocycles. The molecule has 4 rings (SSSR count). The van der Waals surface area contributed by atoms with Crippen LogP contribution in [0.5, 0.6) is 0 Å². The van der Waals surface area contributed by atoms with Gasteiger partial charge in [0.25, 0.3) is 0 Å². The summed E-state index contributed by atoms with van der Waals surface area (Å²) in [6.07, 6.45) is 0. The van der Waals surface area contributed by atoms with E-state index in [4.69, 9.17) is 0 Å². The average Bonchev–Trinajstić information content (AvgIpc) is 2.77. The Kier molecular flexibility index (Phi) is 2.99. The number of hydrogen-bond acceptors (Lipinski definition) is 0. The molecule has 0 amide bonds. The minimum absolute atomic E-state index is 0.0373. The fourth-order valence-electron chi connectivity index (χ4n) is 4.18. The van der Waals surface area contributed by atoms with Crippen LogP contribution in [0.25, 0.3) is 22.3 Å². The van der Waals surface area contributed by atoms with Gasteiger partial charge >= 0.3 is 0 Å². The lowest BCUT2D eigenvalue weighted by Crippen LogP contribution is -2.17. The second kappa shape index (κ2) is 4.83. The Morgan fingerprint density at radius 1 is 0.609 bits per heavy atom. The number of aryl methyl sites for hydroxylation is 2. The number of rotatable bonds is 1. The van der Waals surface area contributed by atoms with E-state index in [9.17, 15) is 0 Å². The zero-order valence-electron chi connectivity index (χ0n) is 14.3. The summed E-state index contributed by atoms with van der Waals surface area (Å²) >= 11 is 0. The molecular weight excluding hydrogens is 276 g/mol. The second-order valence-corrected chi connectivity index (χ2v) is 7.17. The standard InChI is InChI=1S/C23H22/c1-15-9-5-6-10-17(15)21-16(2)13-14-19-18-11-7-8-12-20(18)23(3,4)22(19)21/h5-14H,1-4H3. The van der Waals surface area contributed by atoms with Crippen molar-refractivity contribution in [3.05, 3.63) is 82.9 Å². The summed E-state index contributed by atoms with van der Waals surface area (Å²) in [5.41, 5.74) is 11.2. The molecule has 1 aliphatic carbocycles. The van der Waals surface area contributed by atoms with Gasteiger partial charge in [0.15, 0.2) is 0 Å². The molecule has 0 fully saturated rings. The Hall–Kier alpha value is -2.34. The van der Waals surface area contributed by atoms with Crippen LogP contribution in [-0.4, -0.2) is 0 Å². The molecular formula is C23H22. The Labute approximate surface area is 138 Å². The molecule has 3 aromatic rings. The van der Waals surface area contributed by atoms with Crippen molar-refractivity contribution in [1.29, 1.82) is 0 Å². The van der Waals surface area contributed by atoms with Crippen LogP contribution in [0.1, 0.15) is 36.1 Å². The molecule has 23 heavy (non-hydrogen) atoms. The molecule has 0 N–H and O–H groups in total. The molecule has 0 radical (unpaired) electrons. The largest absolute Gasteiger partial charge is 0.0620 e. The van der Waals surface area contributed by atoms with E-state index in [-0.39, 0.29) is 5.41 Å². The number of hydrogen-bond donors (Lipinski definition) is 0. The van der Waals surface area contributed by atoms with Crippen molar-refractivity contribution in [3.8, 4) is 22.3 Å². The van der Waals surface area contributed by atoms with E-state index in [0.29, 0.717) is 0 Å². The van der Waals surface area contributed by atoms with E-state index < -0.39 is 0 Å². The summed E-state index contributed by atoms with van der Waals surface area (Å²) in [5.74, 6) is 0. The smallest absolute Gasteiger partial charge is 0.0165 e. The van der Waals surface area contributed by atoms with Crippen LogP contribution in [0, 0.1) is 13.8 Å². The van der Waals surface area contributed by atoms with Gasteiger partial charge in [0.2, 0.25) is 0 Å². The molecule has 3 aromatic carbocycles.